The fourth-order valence-corrected chi connectivity index (χ4v) is 3.14. The molecule has 1 aliphatic heterocycles. The van der Waals surface area contributed by atoms with E-state index in [4.69, 9.17) is 4.74 Å². The number of H-pyrrole nitrogens is 1. The lowest BCUT2D eigenvalue weighted by molar-refractivity contribution is 0.275. The van der Waals surface area contributed by atoms with Crippen molar-refractivity contribution in [1.82, 2.24) is 20.2 Å². The summed E-state index contributed by atoms with van der Waals surface area (Å²) in [6, 6.07) is 3.32. The lowest BCUT2D eigenvalue weighted by Crippen LogP contribution is -2.31. The molecule has 0 saturated carbocycles. The lowest BCUT2D eigenvalue weighted by Gasteiger charge is -2.29. The van der Waals surface area contributed by atoms with Crippen molar-refractivity contribution >= 4 is 16.7 Å². The number of hydrogen-bond donors (Lipinski definition) is 3. The summed E-state index contributed by atoms with van der Waals surface area (Å²) in [5.74, 6) is 1.21. The van der Waals surface area contributed by atoms with Crippen LogP contribution in [0.1, 0.15) is 24.4 Å². The molecule has 3 heterocycles. The minimum atomic E-state index is -0.0914. The van der Waals surface area contributed by atoms with Gasteiger partial charge in [-0.1, -0.05) is 7.43 Å². The smallest absolute Gasteiger partial charge is 0.161 e. The number of benzene rings is 1. The van der Waals surface area contributed by atoms with E-state index in [2.05, 4.69) is 25.1 Å². The summed E-state index contributed by atoms with van der Waals surface area (Å²) in [5.41, 5.74) is 3.40. The number of aliphatic hydroxyl groups is 1. The monoisotopic (exact) mass is 343 g/mol. The summed E-state index contributed by atoms with van der Waals surface area (Å²) in [6.07, 6.45) is 2.28. The Kier molecular flexibility index (Phi) is 4.45. The van der Waals surface area contributed by atoms with Gasteiger partial charge in [-0.15, -0.1) is 0 Å². The summed E-state index contributed by atoms with van der Waals surface area (Å²) in [6.45, 7) is 1.29. The van der Waals surface area contributed by atoms with Gasteiger partial charge in [-0.3, -0.25) is 5.10 Å². The molecule has 8 nitrogen and oxygen atoms in total. The van der Waals surface area contributed by atoms with Gasteiger partial charge in [0.15, 0.2) is 11.5 Å². The number of aromatic nitrogens is 4. The Balaban J connectivity index is 0.00000182. The van der Waals surface area contributed by atoms with Gasteiger partial charge < -0.3 is 19.8 Å². The number of ether oxygens (including phenoxy) is 1. The zero-order valence-corrected chi connectivity index (χ0v) is 13.2. The molecule has 1 aromatic carbocycles. The van der Waals surface area contributed by atoms with E-state index in [0.717, 1.165) is 35.4 Å². The number of aromatic hydroxyl groups is 1. The maximum absolute atomic E-state index is 9.94. The number of nitrogens with zero attached hydrogens (tertiary/aromatic N) is 4. The number of fused-ring (bicyclic) bond motifs is 2. The zero-order valence-electron chi connectivity index (χ0n) is 13.2. The molecule has 0 spiro atoms. The molecule has 2 aromatic heterocycles. The van der Waals surface area contributed by atoms with Crippen LogP contribution in [0.2, 0.25) is 0 Å². The molecule has 0 amide bonds. The number of nitrogens with one attached hydrogen (secondary N) is 1. The first-order valence-electron chi connectivity index (χ1n) is 7.63. The first kappa shape index (κ1) is 17.0. The quantitative estimate of drug-likeness (QED) is 0.665. The Hall–Kier alpha value is -2.87. The topological polar surface area (TPSA) is 107 Å². The van der Waals surface area contributed by atoms with Crippen LogP contribution in [0.3, 0.4) is 0 Å². The van der Waals surface area contributed by atoms with Crippen molar-refractivity contribution in [2.75, 3.05) is 18.6 Å². The number of phenolic OH excluding ortho intramolecular Hbond substituents is 1. The van der Waals surface area contributed by atoms with Crippen LogP contribution in [0.25, 0.3) is 10.9 Å². The SMILES string of the molecule is C.COc1cc2c(N3CCc4[nH]nc(CO)c4C3)ncnc2cc1O. The molecule has 0 unspecified atom stereocenters. The average Bonchev–Trinajstić information content (AvgIpc) is 3.02. The third-order valence-electron chi connectivity index (χ3n) is 4.38. The lowest BCUT2D eigenvalue weighted by atomic mass is 10.0. The molecule has 0 aliphatic carbocycles. The van der Waals surface area contributed by atoms with Gasteiger partial charge in [-0.25, -0.2) is 9.97 Å². The van der Waals surface area contributed by atoms with Crippen LogP contribution in [0, 0.1) is 0 Å². The molecule has 0 fully saturated rings. The fraction of sp³-hybridized carbons (Fsp3) is 0.353. The molecular formula is C17H21N5O3. The summed E-state index contributed by atoms with van der Waals surface area (Å²) in [5, 5.41) is 27.3. The predicted molar refractivity (Wildman–Crippen MR) is 93.8 cm³/mol. The molecule has 3 aromatic rings. The minimum Gasteiger partial charge on any atom is -0.504 e. The number of phenols is 1. The van der Waals surface area contributed by atoms with Gasteiger partial charge in [-0.05, 0) is 6.07 Å². The number of methoxy groups -OCH3 is 1. The number of rotatable bonds is 3. The van der Waals surface area contributed by atoms with Crippen molar-refractivity contribution in [3.8, 4) is 11.5 Å². The van der Waals surface area contributed by atoms with Crippen molar-refractivity contribution in [2.45, 2.75) is 27.0 Å². The predicted octanol–water partition coefficient (Wildman–Crippen LogP) is 1.76. The maximum Gasteiger partial charge on any atom is 0.161 e. The van der Waals surface area contributed by atoms with E-state index in [1.165, 1.54) is 13.4 Å². The molecule has 132 valence electrons. The van der Waals surface area contributed by atoms with Crippen LogP contribution < -0.4 is 9.64 Å². The van der Waals surface area contributed by atoms with Crippen molar-refractivity contribution < 1.29 is 14.9 Å². The average molecular weight is 343 g/mol. The molecule has 1 aliphatic rings. The molecular weight excluding hydrogens is 322 g/mol. The van der Waals surface area contributed by atoms with Gasteiger partial charge in [0.05, 0.1) is 24.9 Å². The summed E-state index contributed by atoms with van der Waals surface area (Å²) in [7, 11) is 1.51. The second-order valence-corrected chi connectivity index (χ2v) is 5.70. The Labute approximate surface area is 145 Å². The zero-order chi connectivity index (χ0) is 16.7. The van der Waals surface area contributed by atoms with Gasteiger partial charge in [0.25, 0.3) is 0 Å². The first-order valence-corrected chi connectivity index (χ1v) is 7.63. The van der Waals surface area contributed by atoms with Crippen LogP contribution >= 0.6 is 0 Å². The Morgan fingerprint density at radius 2 is 2.16 bits per heavy atom. The number of aromatic amines is 1. The highest BCUT2D eigenvalue weighted by molar-refractivity contribution is 5.92. The van der Waals surface area contributed by atoms with Crippen molar-refractivity contribution in [3.63, 3.8) is 0 Å². The van der Waals surface area contributed by atoms with Crippen molar-refractivity contribution in [1.29, 1.82) is 0 Å². The molecule has 8 heteroatoms. The van der Waals surface area contributed by atoms with Crippen LogP contribution in [0.15, 0.2) is 18.5 Å². The van der Waals surface area contributed by atoms with E-state index in [-0.39, 0.29) is 19.8 Å². The van der Waals surface area contributed by atoms with Crippen molar-refractivity contribution in [3.05, 3.63) is 35.4 Å². The van der Waals surface area contributed by atoms with Crippen LogP contribution in [0.5, 0.6) is 11.5 Å². The molecule has 0 saturated heterocycles. The van der Waals surface area contributed by atoms with E-state index in [1.54, 1.807) is 12.1 Å². The fourth-order valence-electron chi connectivity index (χ4n) is 3.14. The second kappa shape index (κ2) is 6.56. The molecule has 0 atom stereocenters. The standard InChI is InChI=1S/C16H17N5O3.CH4/c1-24-15-4-9-12(5-14(15)23)17-8-18-16(9)21-3-2-11-10(6-21)13(7-22)20-19-11;/h4-5,8,22-23H,2-3,6-7H2,1H3,(H,19,20);1H4. The van der Waals surface area contributed by atoms with Gasteiger partial charge in [-0.2, -0.15) is 5.10 Å². The maximum atomic E-state index is 9.94. The summed E-state index contributed by atoms with van der Waals surface area (Å²) in [4.78, 5) is 10.8. The number of anilines is 1. The highest BCUT2D eigenvalue weighted by Gasteiger charge is 2.24. The molecule has 0 bridgehead atoms. The number of hydrogen-bond acceptors (Lipinski definition) is 7. The number of aliphatic hydroxyl groups excluding tert-OH is 1. The molecule has 4 rings (SSSR count). The van der Waals surface area contributed by atoms with E-state index in [9.17, 15) is 10.2 Å². The first-order chi connectivity index (χ1) is 11.7. The van der Waals surface area contributed by atoms with E-state index >= 15 is 0 Å². The Morgan fingerprint density at radius 3 is 2.92 bits per heavy atom. The molecule has 0 radical (unpaired) electrons. The minimum absolute atomic E-state index is 0. The van der Waals surface area contributed by atoms with Gasteiger partial charge >= 0.3 is 0 Å². The van der Waals surface area contributed by atoms with Crippen LogP contribution in [-0.2, 0) is 19.6 Å². The molecule has 25 heavy (non-hydrogen) atoms. The normalized spacial score (nSPS) is 13.4. The molecule has 3 N–H and O–H groups in total. The third-order valence-corrected chi connectivity index (χ3v) is 4.38. The van der Waals surface area contributed by atoms with Gasteiger partial charge in [0.1, 0.15) is 12.1 Å². The largest absolute Gasteiger partial charge is 0.504 e. The van der Waals surface area contributed by atoms with Gasteiger partial charge in [0, 0.05) is 42.2 Å². The highest BCUT2D eigenvalue weighted by atomic mass is 16.5. The van der Waals surface area contributed by atoms with Crippen LogP contribution in [-0.4, -0.2) is 44.0 Å². The third kappa shape index (κ3) is 2.74. The summed E-state index contributed by atoms with van der Waals surface area (Å²) < 4.78 is 5.20. The van der Waals surface area contributed by atoms with Crippen LogP contribution in [0.4, 0.5) is 5.82 Å². The van der Waals surface area contributed by atoms with E-state index in [0.29, 0.717) is 23.5 Å². The Bertz CT molecular complexity index is 895. The van der Waals surface area contributed by atoms with Gasteiger partial charge in [0.2, 0.25) is 0 Å². The van der Waals surface area contributed by atoms with E-state index < -0.39 is 0 Å². The second-order valence-electron chi connectivity index (χ2n) is 5.70. The van der Waals surface area contributed by atoms with Crippen molar-refractivity contribution in [2.24, 2.45) is 0 Å². The highest BCUT2D eigenvalue weighted by Crippen LogP contribution is 2.35. The van der Waals surface area contributed by atoms with E-state index in [1.807, 2.05) is 0 Å². The summed E-state index contributed by atoms with van der Waals surface area (Å²) >= 11 is 0. The Morgan fingerprint density at radius 1 is 1.32 bits per heavy atom.